The van der Waals surface area contributed by atoms with E-state index in [1.54, 1.807) is 7.05 Å². The smallest absolute Gasteiger partial charge is 0.170 e. The highest BCUT2D eigenvalue weighted by atomic mass is 79.9. The van der Waals surface area contributed by atoms with E-state index in [4.69, 9.17) is 17.0 Å². The number of halogens is 1. The number of benzene rings is 1. The van der Waals surface area contributed by atoms with Crippen molar-refractivity contribution in [3.63, 3.8) is 0 Å². The third kappa shape index (κ3) is 2.84. The summed E-state index contributed by atoms with van der Waals surface area (Å²) in [4.78, 5) is 0. The SMILES string of the molecule is CNC(=S)NC1=CC(C)(C)Oc2ccc(Br)cc21. The lowest BCUT2D eigenvalue weighted by Crippen LogP contribution is -2.36. The summed E-state index contributed by atoms with van der Waals surface area (Å²) in [6.45, 7) is 4.03. The number of hydrogen-bond acceptors (Lipinski definition) is 2. The zero-order chi connectivity index (χ0) is 13.3. The van der Waals surface area contributed by atoms with E-state index in [0.717, 1.165) is 21.5 Å². The van der Waals surface area contributed by atoms with Crippen LogP contribution in [0.4, 0.5) is 0 Å². The van der Waals surface area contributed by atoms with Crippen LogP contribution in [0, 0.1) is 0 Å². The molecule has 0 aromatic heterocycles. The quantitative estimate of drug-likeness (QED) is 0.777. The lowest BCUT2D eigenvalue weighted by molar-refractivity contribution is 0.157. The van der Waals surface area contributed by atoms with Gasteiger partial charge in [0.2, 0.25) is 0 Å². The Morgan fingerprint density at radius 3 is 2.78 bits per heavy atom. The number of ether oxygens (including phenoxy) is 1. The van der Waals surface area contributed by atoms with Gasteiger partial charge in [-0.05, 0) is 50.3 Å². The first-order valence-electron chi connectivity index (χ1n) is 5.62. The van der Waals surface area contributed by atoms with Gasteiger partial charge < -0.3 is 15.4 Å². The molecule has 1 aromatic rings. The first-order chi connectivity index (χ1) is 8.41. The Morgan fingerprint density at radius 1 is 1.39 bits per heavy atom. The van der Waals surface area contributed by atoms with Gasteiger partial charge in [-0.1, -0.05) is 15.9 Å². The molecule has 2 N–H and O–H groups in total. The predicted octanol–water partition coefficient (Wildman–Crippen LogP) is 3.05. The van der Waals surface area contributed by atoms with E-state index in [2.05, 4.69) is 26.6 Å². The van der Waals surface area contributed by atoms with Gasteiger partial charge in [0.05, 0.1) is 5.70 Å². The monoisotopic (exact) mass is 326 g/mol. The van der Waals surface area contributed by atoms with Crippen LogP contribution in [0.5, 0.6) is 5.75 Å². The molecule has 1 aromatic carbocycles. The van der Waals surface area contributed by atoms with Crippen LogP contribution in [0.25, 0.3) is 5.70 Å². The molecular formula is C13H15BrN2OS. The second-order valence-corrected chi connectivity index (χ2v) is 5.93. The van der Waals surface area contributed by atoms with Crippen LogP contribution in [0.2, 0.25) is 0 Å². The standard InChI is InChI=1S/C13H15BrN2OS/c1-13(2)7-10(16-12(18)15-3)9-6-8(14)4-5-11(9)17-13/h4-7H,1-3H3,(H2,15,16,18). The van der Waals surface area contributed by atoms with Crippen LogP contribution in [0.3, 0.4) is 0 Å². The maximum Gasteiger partial charge on any atom is 0.170 e. The lowest BCUT2D eigenvalue weighted by Gasteiger charge is -2.31. The van der Waals surface area contributed by atoms with Crippen molar-refractivity contribution >= 4 is 39.0 Å². The van der Waals surface area contributed by atoms with Gasteiger partial charge >= 0.3 is 0 Å². The van der Waals surface area contributed by atoms with E-state index >= 15 is 0 Å². The third-order valence-corrected chi connectivity index (χ3v) is 3.37. The van der Waals surface area contributed by atoms with Crippen molar-refractivity contribution in [3.8, 4) is 5.75 Å². The number of thiocarbonyl (C=S) groups is 1. The molecule has 0 saturated carbocycles. The number of fused-ring (bicyclic) bond motifs is 1. The van der Waals surface area contributed by atoms with Crippen LogP contribution in [-0.2, 0) is 0 Å². The lowest BCUT2D eigenvalue weighted by atomic mass is 9.99. The third-order valence-electron chi connectivity index (χ3n) is 2.57. The molecule has 1 heterocycles. The van der Waals surface area contributed by atoms with Gasteiger partial charge in [-0.2, -0.15) is 0 Å². The molecule has 2 rings (SSSR count). The Balaban J connectivity index is 2.45. The summed E-state index contributed by atoms with van der Waals surface area (Å²) >= 11 is 8.63. The maximum absolute atomic E-state index is 5.92. The molecule has 1 aliphatic rings. The highest BCUT2D eigenvalue weighted by molar-refractivity contribution is 9.10. The molecule has 0 unspecified atom stereocenters. The van der Waals surface area contributed by atoms with Crippen LogP contribution < -0.4 is 15.4 Å². The van der Waals surface area contributed by atoms with Gasteiger partial charge in [0, 0.05) is 17.1 Å². The van der Waals surface area contributed by atoms with Crippen molar-refractivity contribution < 1.29 is 4.74 Å². The van der Waals surface area contributed by atoms with Crippen molar-refractivity contribution in [2.45, 2.75) is 19.4 Å². The fourth-order valence-electron chi connectivity index (χ4n) is 1.83. The second kappa shape index (κ2) is 4.90. The zero-order valence-electron chi connectivity index (χ0n) is 10.5. The summed E-state index contributed by atoms with van der Waals surface area (Å²) in [6, 6.07) is 5.94. The minimum atomic E-state index is -0.355. The molecule has 96 valence electrons. The Kier molecular flexibility index (Phi) is 3.64. The highest BCUT2D eigenvalue weighted by Crippen LogP contribution is 2.36. The van der Waals surface area contributed by atoms with Gasteiger partial charge in [-0.3, -0.25) is 0 Å². The van der Waals surface area contributed by atoms with Gasteiger partial charge in [0.1, 0.15) is 11.4 Å². The Hall–Kier alpha value is -1.07. The first kappa shape index (κ1) is 13.4. The van der Waals surface area contributed by atoms with Crippen molar-refractivity contribution in [3.05, 3.63) is 34.3 Å². The number of hydrogen-bond donors (Lipinski definition) is 2. The van der Waals surface area contributed by atoms with E-state index in [1.807, 2.05) is 38.1 Å². The van der Waals surface area contributed by atoms with Gasteiger partial charge in [0.15, 0.2) is 5.11 Å². The number of rotatable bonds is 1. The van der Waals surface area contributed by atoms with E-state index in [9.17, 15) is 0 Å². The maximum atomic E-state index is 5.92. The first-order valence-corrected chi connectivity index (χ1v) is 6.82. The predicted molar refractivity (Wildman–Crippen MR) is 81.6 cm³/mol. The summed E-state index contributed by atoms with van der Waals surface area (Å²) in [5, 5.41) is 6.69. The summed E-state index contributed by atoms with van der Waals surface area (Å²) in [7, 11) is 1.79. The normalized spacial score (nSPS) is 16.1. The van der Waals surface area contributed by atoms with Crippen molar-refractivity contribution in [1.29, 1.82) is 0 Å². The average molecular weight is 327 g/mol. The molecule has 0 atom stereocenters. The van der Waals surface area contributed by atoms with Crippen molar-refractivity contribution in [2.24, 2.45) is 0 Å². The van der Waals surface area contributed by atoms with Gasteiger partial charge in [-0.25, -0.2) is 0 Å². The molecule has 0 amide bonds. The molecule has 5 heteroatoms. The summed E-state index contributed by atoms with van der Waals surface area (Å²) in [5.41, 5.74) is 1.61. The van der Waals surface area contributed by atoms with E-state index < -0.39 is 0 Å². The van der Waals surface area contributed by atoms with E-state index in [0.29, 0.717) is 5.11 Å². The number of nitrogens with one attached hydrogen (secondary N) is 2. The largest absolute Gasteiger partial charge is 0.483 e. The van der Waals surface area contributed by atoms with Crippen molar-refractivity contribution in [2.75, 3.05) is 7.05 Å². The molecule has 0 saturated heterocycles. The van der Waals surface area contributed by atoms with Crippen LogP contribution in [0.15, 0.2) is 28.7 Å². The minimum absolute atomic E-state index is 0.355. The van der Waals surface area contributed by atoms with Gasteiger partial charge in [0.25, 0.3) is 0 Å². The molecule has 0 aliphatic carbocycles. The van der Waals surface area contributed by atoms with Crippen LogP contribution in [0.1, 0.15) is 19.4 Å². The van der Waals surface area contributed by atoms with Crippen LogP contribution >= 0.6 is 28.1 Å². The molecular weight excluding hydrogens is 312 g/mol. The van der Waals surface area contributed by atoms with Crippen LogP contribution in [-0.4, -0.2) is 17.8 Å². The Bertz CT molecular complexity index is 526. The second-order valence-electron chi connectivity index (χ2n) is 4.61. The van der Waals surface area contributed by atoms with E-state index in [1.165, 1.54) is 0 Å². The summed E-state index contributed by atoms with van der Waals surface area (Å²) in [5.74, 6) is 0.854. The molecule has 0 bridgehead atoms. The minimum Gasteiger partial charge on any atom is -0.483 e. The molecule has 18 heavy (non-hydrogen) atoms. The Morgan fingerprint density at radius 2 is 2.11 bits per heavy atom. The summed E-state index contributed by atoms with van der Waals surface area (Å²) < 4.78 is 6.93. The molecule has 3 nitrogen and oxygen atoms in total. The Labute approximate surface area is 121 Å². The molecule has 0 spiro atoms. The van der Waals surface area contributed by atoms with Gasteiger partial charge in [-0.15, -0.1) is 0 Å². The molecule has 0 fully saturated rings. The highest BCUT2D eigenvalue weighted by Gasteiger charge is 2.26. The fourth-order valence-corrected chi connectivity index (χ4v) is 2.30. The summed E-state index contributed by atoms with van der Waals surface area (Å²) in [6.07, 6.45) is 2.03. The zero-order valence-corrected chi connectivity index (χ0v) is 12.9. The molecule has 1 aliphatic heterocycles. The molecule has 0 radical (unpaired) electrons. The topological polar surface area (TPSA) is 33.3 Å². The van der Waals surface area contributed by atoms with E-state index in [-0.39, 0.29) is 5.60 Å². The average Bonchev–Trinajstić information content (AvgIpc) is 2.29. The van der Waals surface area contributed by atoms with Crippen molar-refractivity contribution in [1.82, 2.24) is 10.6 Å². The fraction of sp³-hybridized carbons (Fsp3) is 0.308.